The first-order chi connectivity index (χ1) is 11.7. The topological polar surface area (TPSA) is 71.3 Å². The van der Waals surface area contributed by atoms with Crippen molar-refractivity contribution in [2.75, 3.05) is 5.32 Å². The Bertz CT molecular complexity index is 735. The zero-order chi connectivity index (χ0) is 16.8. The lowest BCUT2D eigenvalue weighted by atomic mass is 9.93. The first-order valence-corrected chi connectivity index (χ1v) is 8.09. The van der Waals surface area contributed by atoms with Gasteiger partial charge in [0.05, 0.1) is 6.26 Å². The van der Waals surface area contributed by atoms with Crippen molar-refractivity contribution in [2.24, 2.45) is 5.92 Å². The molecule has 0 saturated carbocycles. The van der Waals surface area contributed by atoms with E-state index in [1.165, 1.54) is 6.26 Å². The summed E-state index contributed by atoms with van der Waals surface area (Å²) in [5.41, 5.74) is 1.61. The van der Waals surface area contributed by atoms with Gasteiger partial charge in [-0.05, 0) is 49.1 Å². The van der Waals surface area contributed by atoms with Gasteiger partial charge in [-0.25, -0.2) is 0 Å². The van der Waals surface area contributed by atoms with Crippen molar-refractivity contribution in [3.63, 3.8) is 0 Å². The van der Waals surface area contributed by atoms with Gasteiger partial charge in [-0.2, -0.15) is 0 Å². The Kier molecular flexibility index (Phi) is 5.11. The summed E-state index contributed by atoms with van der Waals surface area (Å²) in [4.78, 5) is 24.1. The molecule has 0 fully saturated rings. The molecule has 24 heavy (non-hydrogen) atoms. The summed E-state index contributed by atoms with van der Waals surface area (Å²) in [7, 11) is 0. The molecule has 5 nitrogen and oxygen atoms in total. The summed E-state index contributed by atoms with van der Waals surface area (Å²) < 4.78 is 5.07. The summed E-state index contributed by atoms with van der Waals surface area (Å²) in [6.07, 6.45) is 8.33. The predicted octanol–water partition coefficient (Wildman–Crippen LogP) is 3.50. The van der Waals surface area contributed by atoms with Crippen molar-refractivity contribution in [1.29, 1.82) is 0 Å². The first kappa shape index (κ1) is 16.1. The molecule has 3 rings (SSSR count). The standard InChI is InChI=1S/C19H20N2O3/c22-18(15-7-2-1-3-8-15)20-13-14-6-4-9-16(12-14)21-19(23)17-10-5-11-24-17/h1-2,4-6,9-12,15H,3,7-8,13H2,(H,20,22)(H,21,23). The van der Waals surface area contributed by atoms with Gasteiger partial charge in [0.2, 0.25) is 5.91 Å². The number of allylic oxidation sites excluding steroid dienone is 2. The first-order valence-electron chi connectivity index (χ1n) is 8.09. The summed E-state index contributed by atoms with van der Waals surface area (Å²) >= 11 is 0. The molecule has 1 aliphatic carbocycles. The zero-order valence-electron chi connectivity index (χ0n) is 13.3. The minimum absolute atomic E-state index is 0.0665. The lowest BCUT2D eigenvalue weighted by Crippen LogP contribution is -2.30. The molecule has 0 saturated heterocycles. The molecule has 2 N–H and O–H groups in total. The fourth-order valence-electron chi connectivity index (χ4n) is 2.72. The molecular formula is C19H20N2O3. The number of nitrogens with one attached hydrogen (secondary N) is 2. The molecule has 2 aromatic rings. The maximum Gasteiger partial charge on any atom is 0.291 e. The SMILES string of the molecule is O=C(Nc1cccc(CNC(=O)C2CC=CCC2)c1)c1ccco1. The number of carbonyl (C=O) groups excluding carboxylic acids is 2. The third-order valence-corrected chi connectivity index (χ3v) is 4.04. The molecule has 124 valence electrons. The van der Waals surface area contributed by atoms with E-state index in [2.05, 4.69) is 22.8 Å². The van der Waals surface area contributed by atoms with Gasteiger partial charge in [0.1, 0.15) is 0 Å². The van der Waals surface area contributed by atoms with Crippen LogP contribution >= 0.6 is 0 Å². The highest BCUT2D eigenvalue weighted by atomic mass is 16.3. The van der Waals surface area contributed by atoms with E-state index in [-0.39, 0.29) is 23.5 Å². The fraction of sp³-hybridized carbons (Fsp3) is 0.263. The second-order valence-electron chi connectivity index (χ2n) is 5.83. The van der Waals surface area contributed by atoms with Crippen molar-refractivity contribution in [3.05, 3.63) is 66.1 Å². The van der Waals surface area contributed by atoms with Gasteiger partial charge >= 0.3 is 0 Å². The Morgan fingerprint density at radius 1 is 1.17 bits per heavy atom. The van der Waals surface area contributed by atoms with Gasteiger partial charge in [0.25, 0.3) is 5.91 Å². The maximum absolute atomic E-state index is 12.2. The van der Waals surface area contributed by atoms with Crippen molar-refractivity contribution in [2.45, 2.75) is 25.8 Å². The van der Waals surface area contributed by atoms with Gasteiger partial charge in [-0.3, -0.25) is 9.59 Å². The summed E-state index contributed by atoms with van der Waals surface area (Å²) in [6.45, 7) is 0.448. The van der Waals surface area contributed by atoms with Gasteiger partial charge in [-0.15, -0.1) is 0 Å². The van der Waals surface area contributed by atoms with Crippen LogP contribution in [0.5, 0.6) is 0 Å². The Balaban J connectivity index is 1.56. The molecule has 1 aromatic heterocycles. The van der Waals surface area contributed by atoms with Gasteiger partial charge < -0.3 is 15.1 Å². The van der Waals surface area contributed by atoms with Crippen LogP contribution in [0.3, 0.4) is 0 Å². The molecule has 0 radical (unpaired) electrons. The molecule has 0 bridgehead atoms. The van der Waals surface area contributed by atoms with Crippen molar-refractivity contribution < 1.29 is 14.0 Å². The summed E-state index contributed by atoms with van der Waals surface area (Å²) in [5, 5.41) is 5.75. The third-order valence-electron chi connectivity index (χ3n) is 4.04. The minimum atomic E-state index is -0.296. The molecule has 2 amide bonds. The molecule has 5 heteroatoms. The maximum atomic E-state index is 12.2. The molecular weight excluding hydrogens is 304 g/mol. The van der Waals surface area contributed by atoms with Crippen LogP contribution in [-0.2, 0) is 11.3 Å². The molecule has 1 atom stereocenters. The molecule has 1 aliphatic rings. The number of hydrogen-bond donors (Lipinski definition) is 2. The number of anilines is 1. The van der Waals surface area contributed by atoms with E-state index in [0.29, 0.717) is 12.2 Å². The third kappa shape index (κ3) is 4.13. The van der Waals surface area contributed by atoms with E-state index in [9.17, 15) is 9.59 Å². The van der Waals surface area contributed by atoms with Crippen LogP contribution in [0.15, 0.2) is 59.2 Å². The molecule has 1 heterocycles. The second kappa shape index (κ2) is 7.64. The van der Waals surface area contributed by atoms with Crippen LogP contribution in [0.2, 0.25) is 0 Å². The quantitative estimate of drug-likeness (QED) is 0.827. The average molecular weight is 324 g/mol. The smallest absolute Gasteiger partial charge is 0.291 e. The zero-order valence-corrected chi connectivity index (χ0v) is 13.3. The van der Waals surface area contributed by atoms with Gasteiger partial charge in [0.15, 0.2) is 5.76 Å². The summed E-state index contributed by atoms with van der Waals surface area (Å²) in [5.74, 6) is 0.121. The molecule has 1 aromatic carbocycles. The lowest BCUT2D eigenvalue weighted by Gasteiger charge is -2.17. The van der Waals surface area contributed by atoms with Gasteiger partial charge in [0, 0.05) is 18.2 Å². The van der Waals surface area contributed by atoms with E-state index in [1.807, 2.05) is 18.2 Å². The van der Waals surface area contributed by atoms with E-state index in [0.717, 1.165) is 24.8 Å². The second-order valence-corrected chi connectivity index (χ2v) is 5.83. The van der Waals surface area contributed by atoms with E-state index in [4.69, 9.17) is 4.42 Å². The van der Waals surface area contributed by atoms with Gasteiger partial charge in [-0.1, -0.05) is 24.3 Å². The van der Waals surface area contributed by atoms with E-state index >= 15 is 0 Å². The fourth-order valence-corrected chi connectivity index (χ4v) is 2.72. The number of hydrogen-bond acceptors (Lipinski definition) is 3. The lowest BCUT2D eigenvalue weighted by molar-refractivity contribution is -0.125. The van der Waals surface area contributed by atoms with Crippen LogP contribution in [0.4, 0.5) is 5.69 Å². The predicted molar refractivity (Wildman–Crippen MR) is 91.4 cm³/mol. The van der Waals surface area contributed by atoms with Crippen molar-refractivity contribution in [1.82, 2.24) is 5.32 Å². The molecule has 1 unspecified atom stereocenters. The normalized spacial score (nSPS) is 16.6. The van der Waals surface area contributed by atoms with Crippen LogP contribution in [0.25, 0.3) is 0 Å². The highest BCUT2D eigenvalue weighted by Crippen LogP contribution is 2.18. The number of benzene rings is 1. The Labute approximate surface area is 140 Å². The Morgan fingerprint density at radius 2 is 2.08 bits per heavy atom. The summed E-state index contributed by atoms with van der Waals surface area (Å²) in [6, 6.07) is 10.7. The average Bonchev–Trinajstić information content (AvgIpc) is 3.15. The number of amides is 2. The van der Waals surface area contributed by atoms with E-state index in [1.54, 1.807) is 18.2 Å². The van der Waals surface area contributed by atoms with Crippen LogP contribution < -0.4 is 10.6 Å². The molecule has 0 aliphatic heterocycles. The van der Waals surface area contributed by atoms with Crippen molar-refractivity contribution >= 4 is 17.5 Å². The molecule has 0 spiro atoms. The Hall–Kier alpha value is -2.82. The number of carbonyl (C=O) groups is 2. The van der Waals surface area contributed by atoms with Crippen molar-refractivity contribution in [3.8, 4) is 0 Å². The Morgan fingerprint density at radius 3 is 2.83 bits per heavy atom. The largest absolute Gasteiger partial charge is 0.459 e. The highest BCUT2D eigenvalue weighted by Gasteiger charge is 2.18. The van der Waals surface area contributed by atoms with Crippen LogP contribution in [0, 0.1) is 5.92 Å². The highest BCUT2D eigenvalue weighted by molar-refractivity contribution is 6.02. The van der Waals surface area contributed by atoms with Crippen LogP contribution in [-0.4, -0.2) is 11.8 Å². The monoisotopic (exact) mass is 324 g/mol. The van der Waals surface area contributed by atoms with Crippen LogP contribution in [0.1, 0.15) is 35.4 Å². The minimum Gasteiger partial charge on any atom is -0.459 e. The number of rotatable bonds is 5. The number of furan rings is 1. The van der Waals surface area contributed by atoms with E-state index < -0.39 is 0 Å².